The largest absolute Gasteiger partial charge is 0.356 e. The van der Waals surface area contributed by atoms with E-state index in [0.717, 1.165) is 37.0 Å². The summed E-state index contributed by atoms with van der Waals surface area (Å²) in [4.78, 5) is 10.4. The van der Waals surface area contributed by atoms with Crippen LogP contribution in [0.3, 0.4) is 0 Å². The van der Waals surface area contributed by atoms with Crippen molar-refractivity contribution < 1.29 is 0 Å². The number of aliphatic imine (C=N–C) groups is 1. The summed E-state index contributed by atoms with van der Waals surface area (Å²) in [6, 6.07) is 0. The Morgan fingerprint density at radius 2 is 2.29 bits per heavy atom. The fourth-order valence-electron chi connectivity index (χ4n) is 1.89. The molecule has 0 radical (unpaired) electrons. The maximum Gasteiger partial charge on any atom is 0.191 e. The minimum atomic E-state index is 0.505. The number of aryl methyl sites for hydroxylation is 1. The van der Waals surface area contributed by atoms with E-state index in [1.807, 2.05) is 0 Å². The van der Waals surface area contributed by atoms with Gasteiger partial charge in [0.1, 0.15) is 5.01 Å². The highest BCUT2D eigenvalue weighted by atomic mass is 32.1. The van der Waals surface area contributed by atoms with Crippen LogP contribution in [0.15, 0.2) is 4.99 Å². The van der Waals surface area contributed by atoms with Crippen LogP contribution < -0.4 is 10.6 Å². The van der Waals surface area contributed by atoms with Crippen molar-refractivity contribution in [2.45, 2.75) is 39.7 Å². The molecule has 5 heteroatoms. The Hall–Kier alpha value is -1.10. The van der Waals surface area contributed by atoms with Crippen molar-refractivity contribution in [1.82, 2.24) is 15.6 Å². The molecule has 1 aliphatic rings. The van der Waals surface area contributed by atoms with Crippen LogP contribution in [0.5, 0.6) is 0 Å². The quantitative estimate of drug-likeness (QED) is 0.865. The summed E-state index contributed by atoms with van der Waals surface area (Å²) in [5, 5.41) is 7.69. The summed E-state index contributed by atoms with van der Waals surface area (Å²) < 4.78 is 0. The van der Waals surface area contributed by atoms with Gasteiger partial charge in [-0.1, -0.05) is 13.8 Å². The third kappa shape index (κ3) is 3.19. The number of hydrogen-bond donors (Lipinski definition) is 2. The zero-order valence-electron chi connectivity index (χ0n) is 10.7. The molecule has 0 bridgehead atoms. The zero-order valence-corrected chi connectivity index (χ0v) is 11.5. The second-order valence-corrected chi connectivity index (χ2v) is 5.86. The number of hydrogen-bond acceptors (Lipinski definition) is 5. The lowest BCUT2D eigenvalue weighted by Gasteiger charge is -2.15. The predicted molar refractivity (Wildman–Crippen MR) is 72.7 cm³/mol. The molecule has 2 rings (SSSR count). The molecule has 0 saturated carbocycles. The Kier molecular flexibility index (Phi) is 3.99. The Bertz CT molecular complexity index is 409. The van der Waals surface area contributed by atoms with Gasteiger partial charge in [-0.25, -0.2) is 4.98 Å². The van der Waals surface area contributed by atoms with E-state index in [1.165, 1.54) is 10.6 Å². The van der Waals surface area contributed by atoms with E-state index in [-0.39, 0.29) is 0 Å². The molecule has 0 saturated heterocycles. The average Bonchev–Trinajstić information content (AvgIpc) is 2.69. The first kappa shape index (κ1) is 12.4. The van der Waals surface area contributed by atoms with E-state index >= 15 is 0 Å². The summed E-state index contributed by atoms with van der Waals surface area (Å²) in [5.74, 6) is 1.42. The number of rotatable bonds is 3. The lowest BCUT2D eigenvalue weighted by Crippen LogP contribution is -2.40. The lowest BCUT2D eigenvalue weighted by molar-refractivity contribution is 0.699. The lowest BCUT2D eigenvalue weighted by atomic mass is 10.1. The third-order valence-corrected chi connectivity index (χ3v) is 3.71. The van der Waals surface area contributed by atoms with Crippen LogP contribution in [0.25, 0.3) is 0 Å². The van der Waals surface area contributed by atoms with Crippen molar-refractivity contribution in [3.63, 3.8) is 0 Å². The van der Waals surface area contributed by atoms with Crippen LogP contribution in [0.2, 0.25) is 0 Å². The second-order valence-electron chi connectivity index (χ2n) is 4.57. The zero-order chi connectivity index (χ0) is 12.3. The van der Waals surface area contributed by atoms with Gasteiger partial charge in [-0.2, -0.15) is 0 Å². The fourth-order valence-corrected chi connectivity index (χ4v) is 2.91. The fraction of sp³-hybridized carbons (Fsp3) is 0.667. The summed E-state index contributed by atoms with van der Waals surface area (Å²) in [7, 11) is 0. The monoisotopic (exact) mass is 252 g/mol. The molecule has 0 unspecified atom stereocenters. The molecule has 0 amide bonds. The Morgan fingerprint density at radius 1 is 1.47 bits per heavy atom. The van der Waals surface area contributed by atoms with Crippen LogP contribution >= 0.6 is 11.3 Å². The summed E-state index contributed by atoms with van der Waals surface area (Å²) in [5.41, 5.74) is 1.23. The predicted octanol–water partition coefficient (Wildman–Crippen LogP) is 2.01. The van der Waals surface area contributed by atoms with E-state index in [1.54, 1.807) is 11.3 Å². The smallest absolute Gasteiger partial charge is 0.191 e. The van der Waals surface area contributed by atoms with Crippen LogP contribution in [-0.2, 0) is 6.54 Å². The van der Waals surface area contributed by atoms with Gasteiger partial charge in [0, 0.05) is 18.0 Å². The number of nitrogens with one attached hydrogen (secondary N) is 2. The molecule has 0 aliphatic carbocycles. The number of aromatic nitrogens is 1. The topological polar surface area (TPSA) is 49.3 Å². The highest BCUT2D eigenvalue weighted by Crippen LogP contribution is 2.23. The molecular formula is C12H20N4S. The van der Waals surface area contributed by atoms with Gasteiger partial charge in [0.05, 0.1) is 12.2 Å². The molecule has 2 N–H and O–H groups in total. The molecular weight excluding hydrogens is 232 g/mol. The van der Waals surface area contributed by atoms with Gasteiger partial charge in [0.25, 0.3) is 0 Å². The van der Waals surface area contributed by atoms with Gasteiger partial charge in [-0.3, -0.25) is 4.99 Å². The van der Waals surface area contributed by atoms with Crippen molar-refractivity contribution in [1.29, 1.82) is 0 Å². The van der Waals surface area contributed by atoms with Crippen LogP contribution in [0, 0.1) is 6.92 Å². The first-order valence-corrected chi connectivity index (χ1v) is 6.97. The molecule has 2 heterocycles. The molecule has 1 aliphatic heterocycles. The van der Waals surface area contributed by atoms with Gasteiger partial charge in [0.2, 0.25) is 0 Å². The molecule has 4 nitrogen and oxygen atoms in total. The number of guanidine groups is 1. The highest BCUT2D eigenvalue weighted by molar-refractivity contribution is 7.11. The first-order valence-electron chi connectivity index (χ1n) is 6.15. The summed E-state index contributed by atoms with van der Waals surface area (Å²) >= 11 is 1.77. The Morgan fingerprint density at radius 3 is 2.88 bits per heavy atom. The SMILES string of the molecule is Cc1sc(CNC2=NCCCN2)nc1C(C)C. The number of thiazole rings is 1. The maximum atomic E-state index is 4.67. The second kappa shape index (κ2) is 5.49. The maximum absolute atomic E-state index is 4.67. The van der Waals surface area contributed by atoms with Gasteiger partial charge in [0.15, 0.2) is 5.96 Å². The summed E-state index contributed by atoms with van der Waals surface area (Å²) in [6.45, 7) is 9.22. The molecule has 0 spiro atoms. The molecule has 0 atom stereocenters. The Labute approximate surface area is 107 Å². The van der Waals surface area contributed by atoms with Crippen molar-refractivity contribution in [2.75, 3.05) is 13.1 Å². The van der Waals surface area contributed by atoms with E-state index < -0.39 is 0 Å². The molecule has 1 aromatic rings. The van der Waals surface area contributed by atoms with E-state index in [2.05, 4.69) is 41.4 Å². The normalized spacial score (nSPS) is 15.6. The van der Waals surface area contributed by atoms with Crippen molar-refractivity contribution in [3.05, 3.63) is 15.6 Å². The molecule has 0 aromatic carbocycles. The van der Waals surface area contributed by atoms with E-state index in [4.69, 9.17) is 0 Å². The number of nitrogens with zero attached hydrogens (tertiary/aromatic N) is 2. The van der Waals surface area contributed by atoms with Gasteiger partial charge in [-0.15, -0.1) is 11.3 Å². The van der Waals surface area contributed by atoms with E-state index in [0.29, 0.717) is 5.92 Å². The average molecular weight is 252 g/mol. The third-order valence-electron chi connectivity index (χ3n) is 2.73. The van der Waals surface area contributed by atoms with Crippen molar-refractivity contribution >= 4 is 17.3 Å². The first-order chi connectivity index (χ1) is 8.16. The molecule has 94 valence electrons. The molecule has 0 fully saturated rings. The van der Waals surface area contributed by atoms with Crippen molar-refractivity contribution in [3.8, 4) is 0 Å². The Balaban J connectivity index is 1.95. The minimum absolute atomic E-state index is 0.505. The van der Waals surface area contributed by atoms with Crippen LogP contribution in [0.4, 0.5) is 0 Å². The van der Waals surface area contributed by atoms with Gasteiger partial charge < -0.3 is 10.6 Å². The molecule has 1 aromatic heterocycles. The highest BCUT2D eigenvalue weighted by Gasteiger charge is 2.11. The van der Waals surface area contributed by atoms with Crippen molar-refractivity contribution in [2.24, 2.45) is 4.99 Å². The van der Waals surface area contributed by atoms with Gasteiger partial charge in [-0.05, 0) is 19.3 Å². The molecule has 17 heavy (non-hydrogen) atoms. The minimum Gasteiger partial charge on any atom is -0.356 e. The summed E-state index contributed by atoms with van der Waals surface area (Å²) in [6.07, 6.45) is 1.12. The van der Waals surface area contributed by atoms with Crippen LogP contribution in [-0.4, -0.2) is 24.0 Å². The van der Waals surface area contributed by atoms with Gasteiger partial charge >= 0.3 is 0 Å². The van der Waals surface area contributed by atoms with Crippen LogP contribution in [0.1, 0.15) is 41.8 Å². The van der Waals surface area contributed by atoms with E-state index in [9.17, 15) is 0 Å². The standard InChI is InChI=1S/C12H20N4S/c1-8(2)11-9(3)17-10(16-11)7-15-12-13-5-4-6-14-12/h8H,4-7H2,1-3H3,(H2,13,14,15).